The molecular formula is C19H27BrIN3O2S. The van der Waals surface area contributed by atoms with E-state index in [4.69, 9.17) is 9.47 Å². The lowest BCUT2D eigenvalue weighted by atomic mass is 10.1. The number of nitrogens with zero attached hydrogens (tertiary/aromatic N) is 2. The first kappa shape index (κ1) is 24.0. The highest BCUT2D eigenvalue weighted by Gasteiger charge is 2.08. The van der Waals surface area contributed by atoms with Gasteiger partial charge in [-0.25, -0.2) is 0 Å². The fourth-order valence-electron chi connectivity index (χ4n) is 2.61. The van der Waals surface area contributed by atoms with Crippen LogP contribution in [0.2, 0.25) is 0 Å². The molecule has 0 saturated carbocycles. The minimum Gasteiger partial charge on any atom is -0.493 e. The molecular weight excluding hydrogens is 541 g/mol. The van der Waals surface area contributed by atoms with Crippen LogP contribution in [0.1, 0.15) is 10.4 Å². The SMILES string of the molecule is CN=C(NCCc1ccc(Br)s1)N(C)CCc1ccc(OC)c(OC)c1.I. The maximum absolute atomic E-state index is 5.37. The Kier molecular flexibility index (Phi) is 11.1. The number of thiophene rings is 1. The maximum Gasteiger partial charge on any atom is 0.193 e. The second-order valence-corrected chi connectivity index (χ2v) is 8.34. The van der Waals surface area contributed by atoms with E-state index in [1.807, 2.05) is 19.2 Å². The zero-order chi connectivity index (χ0) is 18.9. The van der Waals surface area contributed by atoms with Gasteiger partial charge < -0.3 is 19.7 Å². The molecule has 1 aromatic heterocycles. The molecule has 0 unspecified atom stereocenters. The molecule has 0 aliphatic carbocycles. The van der Waals surface area contributed by atoms with Gasteiger partial charge >= 0.3 is 0 Å². The van der Waals surface area contributed by atoms with Gasteiger partial charge in [0.1, 0.15) is 0 Å². The number of guanidine groups is 1. The Labute approximate surface area is 191 Å². The third-order valence-corrected chi connectivity index (χ3v) is 5.72. The first-order valence-corrected chi connectivity index (χ1v) is 10.0. The van der Waals surface area contributed by atoms with Crippen LogP contribution in [-0.4, -0.2) is 52.3 Å². The minimum absolute atomic E-state index is 0. The van der Waals surface area contributed by atoms with Crippen molar-refractivity contribution in [3.63, 3.8) is 0 Å². The highest BCUT2D eigenvalue weighted by molar-refractivity contribution is 14.0. The molecule has 0 aliphatic rings. The summed E-state index contributed by atoms with van der Waals surface area (Å²) in [5.74, 6) is 2.42. The van der Waals surface area contributed by atoms with Crippen molar-refractivity contribution >= 4 is 57.2 Å². The van der Waals surface area contributed by atoms with Gasteiger partial charge in [-0.1, -0.05) is 6.07 Å². The van der Waals surface area contributed by atoms with Gasteiger partial charge in [0.25, 0.3) is 0 Å². The summed E-state index contributed by atoms with van der Waals surface area (Å²) in [6, 6.07) is 10.3. The fraction of sp³-hybridized carbons (Fsp3) is 0.421. The molecule has 8 heteroatoms. The van der Waals surface area contributed by atoms with Gasteiger partial charge in [-0.05, 0) is 58.6 Å². The molecule has 0 saturated heterocycles. The molecule has 27 heavy (non-hydrogen) atoms. The number of likely N-dealkylation sites (N-methyl/N-ethyl adjacent to an activating group) is 1. The molecule has 5 nitrogen and oxygen atoms in total. The average Bonchev–Trinajstić information content (AvgIpc) is 3.08. The molecule has 0 radical (unpaired) electrons. The van der Waals surface area contributed by atoms with E-state index in [0.717, 1.165) is 43.4 Å². The van der Waals surface area contributed by atoms with Crippen LogP contribution in [0.25, 0.3) is 0 Å². The number of aliphatic imine (C=N–C) groups is 1. The van der Waals surface area contributed by atoms with E-state index in [2.05, 4.69) is 56.4 Å². The van der Waals surface area contributed by atoms with Crippen LogP contribution in [0.5, 0.6) is 11.5 Å². The first-order valence-electron chi connectivity index (χ1n) is 8.44. The predicted molar refractivity (Wildman–Crippen MR) is 128 cm³/mol. The zero-order valence-corrected chi connectivity index (χ0v) is 20.9. The van der Waals surface area contributed by atoms with E-state index in [1.54, 1.807) is 25.6 Å². The van der Waals surface area contributed by atoms with Crippen molar-refractivity contribution in [2.75, 3.05) is 41.4 Å². The van der Waals surface area contributed by atoms with Crippen LogP contribution in [0, 0.1) is 0 Å². The molecule has 0 spiro atoms. The van der Waals surface area contributed by atoms with Gasteiger partial charge in [-0.15, -0.1) is 35.3 Å². The average molecular weight is 568 g/mol. The third-order valence-electron chi connectivity index (χ3n) is 4.04. The Morgan fingerprint density at radius 2 is 1.89 bits per heavy atom. The zero-order valence-electron chi connectivity index (χ0n) is 16.1. The summed E-state index contributed by atoms with van der Waals surface area (Å²) < 4.78 is 11.8. The molecule has 1 heterocycles. The number of nitrogens with one attached hydrogen (secondary N) is 1. The molecule has 150 valence electrons. The second-order valence-electron chi connectivity index (χ2n) is 5.79. The van der Waals surface area contributed by atoms with E-state index in [0.29, 0.717) is 0 Å². The number of hydrogen-bond donors (Lipinski definition) is 1. The third kappa shape index (κ3) is 7.50. The molecule has 0 fully saturated rings. The highest BCUT2D eigenvalue weighted by atomic mass is 127. The van der Waals surface area contributed by atoms with Crippen LogP contribution in [-0.2, 0) is 12.8 Å². The maximum atomic E-state index is 5.37. The quantitative estimate of drug-likeness (QED) is 0.291. The van der Waals surface area contributed by atoms with Crippen molar-refractivity contribution in [3.8, 4) is 11.5 Å². The van der Waals surface area contributed by atoms with Gasteiger partial charge in [0.05, 0.1) is 18.0 Å². The lowest BCUT2D eigenvalue weighted by molar-refractivity contribution is 0.354. The Hall–Kier alpha value is -1.00. The molecule has 2 aromatic rings. The van der Waals surface area contributed by atoms with E-state index in [-0.39, 0.29) is 24.0 Å². The van der Waals surface area contributed by atoms with E-state index in [9.17, 15) is 0 Å². The van der Waals surface area contributed by atoms with Crippen molar-refractivity contribution in [3.05, 3.63) is 44.6 Å². The Morgan fingerprint density at radius 3 is 2.48 bits per heavy atom. The smallest absolute Gasteiger partial charge is 0.193 e. The summed E-state index contributed by atoms with van der Waals surface area (Å²) in [4.78, 5) is 7.87. The normalized spacial score (nSPS) is 10.9. The highest BCUT2D eigenvalue weighted by Crippen LogP contribution is 2.27. The molecule has 1 N–H and O–H groups in total. The van der Waals surface area contributed by atoms with Crippen LogP contribution in [0.3, 0.4) is 0 Å². The number of benzene rings is 1. The summed E-state index contributed by atoms with van der Waals surface area (Å²) >= 11 is 5.27. The summed E-state index contributed by atoms with van der Waals surface area (Å²) in [6.45, 7) is 1.72. The molecule has 0 aliphatic heterocycles. The summed E-state index contributed by atoms with van der Waals surface area (Å²) in [6.07, 6.45) is 1.88. The monoisotopic (exact) mass is 567 g/mol. The van der Waals surface area contributed by atoms with E-state index >= 15 is 0 Å². The molecule has 0 atom stereocenters. The number of hydrogen-bond acceptors (Lipinski definition) is 4. The lowest BCUT2D eigenvalue weighted by Gasteiger charge is -2.22. The van der Waals surface area contributed by atoms with Crippen LogP contribution >= 0.6 is 51.2 Å². The predicted octanol–water partition coefficient (Wildman–Crippen LogP) is 4.44. The number of halogens is 2. The van der Waals surface area contributed by atoms with Crippen molar-refractivity contribution in [2.45, 2.75) is 12.8 Å². The lowest BCUT2D eigenvalue weighted by Crippen LogP contribution is -2.40. The number of methoxy groups -OCH3 is 2. The number of ether oxygens (including phenoxy) is 2. The number of rotatable bonds is 8. The molecule has 1 aromatic carbocycles. The second kappa shape index (κ2) is 12.5. The Bertz CT molecular complexity index is 739. The fourth-order valence-corrected chi connectivity index (χ4v) is 4.09. The summed E-state index contributed by atoms with van der Waals surface area (Å²) in [7, 11) is 7.18. The molecule has 0 amide bonds. The van der Waals surface area contributed by atoms with Gasteiger partial charge in [0.15, 0.2) is 17.5 Å². The first-order chi connectivity index (χ1) is 12.6. The van der Waals surface area contributed by atoms with Crippen molar-refractivity contribution in [1.82, 2.24) is 10.2 Å². The van der Waals surface area contributed by atoms with E-state index < -0.39 is 0 Å². The van der Waals surface area contributed by atoms with Crippen LogP contribution < -0.4 is 14.8 Å². The van der Waals surface area contributed by atoms with Crippen molar-refractivity contribution in [2.24, 2.45) is 4.99 Å². The summed E-state index contributed by atoms with van der Waals surface area (Å²) in [5, 5.41) is 3.43. The van der Waals surface area contributed by atoms with Crippen LogP contribution in [0.4, 0.5) is 0 Å². The summed E-state index contributed by atoms with van der Waals surface area (Å²) in [5.41, 5.74) is 1.20. The van der Waals surface area contributed by atoms with Crippen LogP contribution in [0.15, 0.2) is 39.1 Å². The largest absolute Gasteiger partial charge is 0.493 e. The van der Waals surface area contributed by atoms with Gasteiger partial charge in [0, 0.05) is 32.1 Å². The Balaban J connectivity index is 0.00000364. The molecule has 2 rings (SSSR count). The topological polar surface area (TPSA) is 46.1 Å². The van der Waals surface area contributed by atoms with Gasteiger partial charge in [0.2, 0.25) is 0 Å². The van der Waals surface area contributed by atoms with Gasteiger partial charge in [-0.3, -0.25) is 4.99 Å². The molecule has 0 bridgehead atoms. The van der Waals surface area contributed by atoms with Crippen molar-refractivity contribution < 1.29 is 9.47 Å². The van der Waals surface area contributed by atoms with E-state index in [1.165, 1.54) is 14.2 Å². The standard InChI is InChI=1S/C19H26BrN3O2S.HI/c1-21-19(22-11-9-15-6-8-18(20)26-15)23(2)12-10-14-5-7-16(24-3)17(13-14)25-4;/h5-8,13H,9-12H2,1-4H3,(H,21,22);1H. The Morgan fingerprint density at radius 1 is 1.15 bits per heavy atom. The van der Waals surface area contributed by atoms with Crippen molar-refractivity contribution in [1.29, 1.82) is 0 Å². The van der Waals surface area contributed by atoms with Gasteiger partial charge in [-0.2, -0.15) is 0 Å². The minimum atomic E-state index is 0.